The molecule has 2 aliphatic heterocycles. The Labute approximate surface area is 183 Å². The summed E-state index contributed by atoms with van der Waals surface area (Å²) in [7, 11) is 0. The van der Waals surface area contributed by atoms with Crippen molar-refractivity contribution in [1.29, 1.82) is 0 Å². The van der Waals surface area contributed by atoms with Crippen LogP contribution in [0.3, 0.4) is 0 Å². The molecule has 0 bridgehead atoms. The van der Waals surface area contributed by atoms with E-state index >= 15 is 0 Å². The molecule has 0 aliphatic carbocycles. The lowest BCUT2D eigenvalue weighted by Crippen LogP contribution is -2.40. The molecule has 1 fully saturated rings. The summed E-state index contributed by atoms with van der Waals surface area (Å²) in [5, 5.41) is 5.96. The second-order valence-electron chi connectivity index (χ2n) is 7.33. The lowest BCUT2D eigenvalue weighted by molar-refractivity contribution is 0.0575. The first-order valence-corrected chi connectivity index (χ1v) is 11.0. The van der Waals surface area contributed by atoms with E-state index in [-0.39, 0.29) is 11.7 Å². The summed E-state index contributed by atoms with van der Waals surface area (Å²) < 4.78 is 19.6. The number of thiazole rings is 1. The number of ether oxygens (including phenoxy) is 1. The van der Waals surface area contributed by atoms with Gasteiger partial charge in [-0.05, 0) is 24.3 Å². The van der Waals surface area contributed by atoms with E-state index in [1.165, 1.54) is 17.4 Å². The lowest BCUT2D eigenvalue weighted by atomic mass is 10.1. The van der Waals surface area contributed by atoms with E-state index in [0.29, 0.717) is 42.4 Å². The van der Waals surface area contributed by atoms with E-state index in [2.05, 4.69) is 15.2 Å². The number of aromatic nitrogens is 1. The predicted molar refractivity (Wildman–Crippen MR) is 118 cm³/mol. The van der Waals surface area contributed by atoms with Gasteiger partial charge in [0.2, 0.25) is 0 Å². The van der Waals surface area contributed by atoms with Gasteiger partial charge >= 0.3 is 0 Å². The van der Waals surface area contributed by atoms with Crippen molar-refractivity contribution in [1.82, 2.24) is 14.8 Å². The molecule has 2 aromatic carbocycles. The quantitative estimate of drug-likeness (QED) is 0.666. The number of nitrogens with one attached hydrogen (secondary N) is 1. The van der Waals surface area contributed by atoms with Gasteiger partial charge in [-0.15, -0.1) is 11.3 Å². The summed E-state index contributed by atoms with van der Waals surface area (Å²) >= 11 is 1.42. The smallest absolute Gasteiger partial charge is 0.261 e. The Morgan fingerprint density at radius 2 is 1.84 bits per heavy atom. The highest BCUT2D eigenvalue weighted by molar-refractivity contribution is 7.09. The van der Waals surface area contributed by atoms with Crippen molar-refractivity contribution in [2.45, 2.75) is 6.54 Å². The second kappa shape index (κ2) is 8.49. The molecular formula is C23H21FN4O2S. The molecule has 1 aromatic heterocycles. The number of halogens is 1. The van der Waals surface area contributed by atoms with Crippen LogP contribution in [-0.4, -0.2) is 47.0 Å². The van der Waals surface area contributed by atoms with Crippen LogP contribution in [-0.2, 0) is 11.3 Å². The maximum Gasteiger partial charge on any atom is 0.261 e. The highest BCUT2D eigenvalue weighted by Crippen LogP contribution is 2.31. The first-order chi connectivity index (χ1) is 15.2. The third-order valence-corrected chi connectivity index (χ3v) is 6.14. The van der Waals surface area contributed by atoms with Crippen molar-refractivity contribution in [3.8, 4) is 11.3 Å². The van der Waals surface area contributed by atoms with E-state index < -0.39 is 0 Å². The molecule has 3 heterocycles. The van der Waals surface area contributed by atoms with Crippen molar-refractivity contribution in [3.05, 3.63) is 82.3 Å². The molecule has 2 aliphatic rings. The minimum atomic E-state index is -0.308. The Kier molecular flexibility index (Phi) is 5.40. The van der Waals surface area contributed by atoms with Crippen LogP contribution in [0.5, 0.6) is 0 Å². The number of hydrogen-bond acceptors (Lipinski definition) is 6. The zero-order valence-corrected chi connectivity index (χ0v) is 17.6. The minimum Gasteiger partial charge on any atom is -0.378 e. The van der Waals surface area contributed by atoms with Crippen molar-refractivity contribution < 1.29 is 13.9 Å². The van der Waals surface area contributed by atoms with Gasteiger partial charge in [0.15, 0.2) is 0 Å². The van der Waals surface area contributed by atoms with E-state index in [1.807, 2.05) is 35.8 Å². The van der Waals surface area contributed by atoms with Gasteiger partial charge in [0.1, 0.15) is 16.6 Å². The maximum absolute atomic E-state index is 14.2. The van der Waals surface area contributed by atoms with Gasteiger partial charge in [0.25, 0.3) is 5.91 Å². The lowest BCUT2D eigenvalue weighted by Gasteiger charge is -2.34. The number of para-hydroxylation sites is 1. The van der Waals surface area contributed by atoms with Crippen molar-refractivity contribution in [2.75, 3.05) is 31.6 Å². The summed E-state index contributed by atoms with van der Waals surface area (Å²) in [6.45, 7) is 3.15. The number of benzene rings is 2. The van der Waals surface area contributed by atoms with E-state index in [1.54, 1.807) is 23.1 Å². The predicted octanol–water partition coefficient (Wildman–Crippen LogP) is 4.15. The molecule has 0 unspecified atom stereocenters. The topological polar surface area (TPSA) is 57.7 Å². The molecule has 31 heavy (non-hydrogen) atoms. The first kappa shape index (κ1) is 19.7. The van der Waals surface area contributed by atoms with Gasteiger partial charge in [0.05, 0.1) is 36.7 Å². The molecule has 0 atom stereocenters. The first-order valence-electron chi connectivity index (χ1n) is 10.1. The Morgan fingerprint density at radius 3 is 2.65 bits per heavy atom. The van der Waals surface area contributed by atoms with Gasteiger partial charge in [-0.1, -0.05) is 24.3 Å². The maximum atomic E-state index is 14.2. The third-order valence-electron chi connectivity index (χ3n) is 5.30. The fraction of sp³-hybridized carbons (Fsp3) is 0.217. The summed E-state index contributed by atoms with van der Waals surface area (Å²) in [5.41, 5.74) is 2.44. The third kappa shape index (κ3) is 4.04. The van der Waals surface area contributed by atoms with E-state index in [4.69, 9.17) is 4.74 Å². The van der Waals surface area contributed by atoms with Crippen LogP contribution < -0.4 is 5.32 Å². The highest BCUT2D eigenvalue weighted by Gasteiger charge is 2.29. The van der Waals surface area contributed by atoms with Crippen molar-refractivity contribution >= 4 is 22.9 Å². The standard InChI is InChI=1S/C23H21FN4O2S/c24-18-7-3-1-5-16(18)20-15-31-22(26-20)14-28-21(13-27-9-11-30-12-10-27)25-19-8-4-2-6-17(19)23(28)29/h1-8,13,15,25H,9-12,14H2/b21-13+. The number of amides is 1. The number of rotatable bonds is 4. The van der Waals surface area contributed by atoms with Gasteiger partial charge in [-0.2, -0.15) is 0 Å². The second-order valence-corrected chi connectivity index (χ2v) is 8.27. The summed E-state index contributed by atoms with van der Waals surface area (Å²) in [5.74, 6) is 0.307. The Bertz CT molecular complexity index is 1140. The van der Waals surface area contributed by atoms with Crippen LogP contribution in [0.15, 0.2) is 65.9 Å². The SMILES string of the molecule is O=C1c2ccccc2N/C(=C\N2CCOCC2)N1Cc1nc(-c2ccccc2F)cs1. The minimum absolute atomic E-state index is 0.0866. The highest BCUT2D eigenvalue weighted by atomic mass is 32.1. The number of hydrogen-bond donors (Lipinski definition) is 1. The summed E-state index contributed by atoms with van der Waals surface area (Å²) in [6.07, 6.45) is 1.97. The van der Waals surface area contributed by atoms with E-state index in [0.717, 1.165) is 23.8 Å². The zero-order chi connectivity index (χ0) is 21.2. The zero-order valence-electron chi connectivity index (χ0n) is 16.8. The number of fused-ring (bicyclic) bond motifs is 1. The van der Waals surface area contributed by atoms with Gasteiger partial charge < -0.3 is 15.0 Å². The molecule has 0 spiro atoms. The molecule has 5 rings (SSSR count). The Balaban J connectivity index is 1.46. The molecule has 158 valence electrons. The van der Waals surface area contributed by atoms with Crippen LogP contribution in [0.25, 0.3) is 11.3 Å². The monoisotopic (exact) mass is 436 g/mol. The number of morpholine rings is 1. The Hall–Kier alpha value is -3.23. The summed E-state index contributed by atoms with van der Waals surface area (Å²) in [6, 6.07) is 14.1. The summed E-state index contributed by atoms with van der Waals surface area (Å²) in [4.78, 5) is 21.8. The van der Waals surface area contributed by atoms with Gasteiger partial charge in [0, 0.05) is 30.2 Å². The molecule has 1 N–H and O–H groups in total. The van der Waals surface area contributed by atoms with Gasteiger partial charge in [-0.25, -0.2) is 9.37 Å². The van der Waals surface area contributed by atoms with E-state index in [9.17, 15) is 9.18 Å². The van der Waals surface area contributed by atoms with Crippen LogP contribution in [0.1, 0.15) is 15.4 Å². The number of carbonyl (C=O) groups is 1. The molecule has 8 heteroatoms. The fourth-order valence-corrected chi connectivity index (χ4v) is 4.47. The van der Waals surface area contributed by atoms with Crippen LogP contribution >= 0.6 is 11.3 Å². The largest absolute Gasteiger partial charge is 0.378 e. The Morgan fingerprint density at radius 1 is 1.10 bits per heavy atom. The van der Waals surface area contributed by atoms with Crippen LogP contribution in [0, 0.1) is 5.82 Å². The molecule has 0 saturated carbocycles. The molecule has 1 saturated heterocycles. The number of anilines is 1. The number of carbonyl (C=O) groups excluding carboxylic acids is 1. The normalized spacial score (nSPS) is 17.6. The fourth-order valence-electron chi connectivity index (χ4n) is 3.69. The van der Waals surface area contributed by atoms with Crippen molar-refractivity contribution in [2.24, 2.45) is 0 Å². The molecular weight excluding hydrogens is 415 g/mol. The molecule has 1 amide bonds. The van der Waals surface area contributed by atoms with Crippen LogP contribution in [0.4, 0.5) is 10.1 Å². The molecule has 3 aromatic rings. The van der Waals surface area contributed by atoms with Crippen LogP contribution in [0.2, 0.25) is 0 Å². The van der Waals surface area contributed by atoms with Crippen molar-refractivity contribution in [3.63, 3.8) is 0 Å². The molecule has 0 radical (unpaired) electrons. The number of nitrogens with zero attached hydrogens (tertiary/aromatic N) is 3. The van der Waals surface area contributed by atoms with Gasteiger partial charge in [-0.3, -0.25) is 9.69 Å². The average Bonchev–Trinajstić information content (AvgIpc) is 3.26. The average molecular weight is 437 g/mol. The molecule has 6 nitrogen and oxygen atoms in total.